The minimum atomic E-state index is -0.223. The normalized spacial score (nSPS) is 11.1. The number of hydrogen-bond acceptors (Lipinski definition) is 5. The summed E-state index contributed by atoms with van der Waals surface area (Å²) in [4.78, 5) is 18.8. The highest BCUT2D eigenvalue weighted by Crippen LogP contribution is 2.35. The number of nitrogen functional groups attached to an aromatic ring is 1. The average molecular weight is 418 g/mol. The zero-order valence-electron chi connectivity index (χ0n) is 17.1. The van der Waals surface area contributed by atoms with E-state index in [0.29, 0.717) is 16.5 Å². The Hall–Kier alpha value is -3.38. The molecule has 0 saturated carbocycles. The van der Waals surface area contributed by atoms with Gasteiger partial charge >= 0.3 is 0 Å². The first kappa shape index (κ1) is 19.9. The van der Waals surface area contributed by atoms with E-state index in [-0.39, 0.29) is 5.91 Å². The Kier molecular flexibility index (Phi) is 5.42. The molecule has 6 heteroatoms. The second-order valence-corrected chi connectivity index (χ2v) is 8.35. The molecule has 0 atom stereocenters. The zero-order valence-corrected chi connectivity index (χ0v) is 17.9. The summed E-state index contributed by atoms with van der Waals surface area (Å²) in [6.07, 6.45) is 0. The molecule has 5 nitrogen and oxygen atoms in total. The number of benzene rings is 2. The van der Waals surface area contributed by atoms with Gasteiger partial charge in [0.1, 0.15) is 15.5 Å². The van der Waals surface area contributed by atoms with Crippen LogP contribution in [0.15, 0.2) is 60.7 Å². The van der Waals surface area contributed by atoms with Crippen LogP contribution < -0.4 is 15.8 Å². The van der Waals surface area contributed by atoms with Crippen LogP contribution in [0.2, 0.25) is 0 Å². The fourth-order valence-electron chi connectivity index (χ4n) is 3.23. The Morgan fingerprint density at radius 3 is 2.37 bits per heavy atom. The summed E-state index contributed by atoms with van der Waals surface area (Å²) in [5, 5.41) is 3.72. The van der Waals surface area contributed by atoms with Crippen LogP contribution in [0.4, 0.5) is 11.4 Å². The minimum absolute atomic E-state index is 0.223. The van der Waals surface area contributed by atoms with Crippen molar-refractivity contribution in [2.24, 2.45) is 0 Å². The zero-order chi connectivity index (χ0) is 21.3. The number of methoxy groups -OCH3 is 1. The maximum atomic E-state index is 12.8. The number of nitrogens with two attached hydrogens (primary N) is 1. The highest BCUT2D eigenvalue weighted by atomic mass is 32.1. The lowest BCUT2D eigenvalue weighted by molar-refractivity contribution is 0.103. The average Bonchev–Trinajstić information content (AvgIpc) is 3.10. The van der Waals surface area contributed by atoms with Crippen LogP contribution >= 0.6 is 11.3 Å². The van der Waals surface area contributed by atoms with Crippen LogP contribution in [-0.4, -0.2) is 18.0 Å². The van der Waals surface area contributed by atoms with Crippen LogP contribution in [0.1, 0.15) is 35.0 Å². The van der Waals surface area contributed by atoms with Gasteiger partial charge in [-0.2, -0.15) is 0 Å². The van der Waals surface area contributed by atoms with Gasteiger partial charge in [0.2, 0.25) is 0 Å². The van der Waals surface area contributed by atoms with E-state index in [1.165, 1.54) is 16.9 Å². The molecule has 0 aliphatic heterocycles. The molecule has 152 valence electrons. The third kappa shape index (κ3) is 3.86. The number of nitrogens with zero attached hydrogens (tertiary/aromatic N) is 1. The number of pyridine rings is 1. The van der Waals surface area contributed by atoms with E-state index < -0.39 is 0 Å². The topological polar surface area (TPSA) is 77.2 Å². The highest BCUT2D eigenvalue weighted by Gasteiger charge is 2.18. The molecule has 0 spiro atoms. The quantitative estimate of drug-likeness (QED) is 0.422. The molecule has 30 heavy (non-hydrogen) atoms. The van der Waals surface area contributed by atoms with Crippen molar-refractivity contribution < 1.29 is 9.53 Å². The van der Waals surface area contributed by atoms with E-state index in [0.717, 1.165) is 32.9 Å². The Morgan fingerprint density at radius 2 is 1.73 bits per heavy atom. The van der Waals surface area contributed by atoms with Crippen LogP contribution in [0.25, 0.3) is 21.5 Å². The summed E-state index contributed by atoms with van der Waals surface area (Å²) in [7, 11) is 1.64. The van der Waals surface area contributed by atoms with E-state index in [4.69, 9.17) is 15.5 Å². The van der Waals surface area contributed by atoms with Gasteiger partial charge in [0, 0.05) is 16.6 Å². The molecule has 0 fully saturated rings. The molecule has 3 N–H and O–H groups in total. The van der Waals surface area contributed by atoms with Crippen molar-refractivity contribution in [3.8, 4) is 17.0 Å². The molecule has 2 aromatic heterocycles. The molecule has 0 aliphatic rings. The second-order valence-electron chi connectivity index (χ2n) is 7.35. The number of thiophene rings is 1. The summed E-state index contributed by atoms with van der Waals surface area (Å²) < 4.78 is 5.21. The SMILES string of the molecule is COc1ccc(-c2ccc3c(N)c(C(=O)Nc4ccc(C(C)C)cc4)sc3n2)cc1. The largest absolute Gasteiger partial charge is 0.497 e. The fraction of sp³-hybridized carbons (Fsp3) is 0.167. The van der Waals surface area contributed by atoms with E-state index in [1.807, 2.05) is 60.7 Å². The van der Waals surface area contributed by atoms with Gasteiger partial charge in [0.15, 0.2) is 0 Å². The van der Waals surface area contributed by atoms with Gasteiger partial charge in [-0.3, -0.25) is 4.79 Å². The second kappa shape index (κ2) is 8.16. The van der Waals surface area contributed by atoms with Gasteiger partial charge in [-0.15, -0.1) is 11.3 Å². The third-order valence-corrected chi connectivity index (χ3v) is 6.14. The van der Waals surface area contributed by atoms with Gasteiger partial charge in [-0.25, -0.2) is 4.98 Å². The number of hydrogen-bond donors (Lipinski definition) is 2. The number of aromatic nitrogens is 1. The first-order valence-corrected chi connectivity index (χ1v) is 10.5. The maximum absolute atomic E-state index is 12.8. The molecule has 0 saturated heterocycles. The van der Waals surface area contributed by atoms with Crippen molar-refractivity contribution in [3.63, 3.8) is 0 Å². The maximum Gasteiger partial charge on any atom is 0.267 e. The number of fused-ring (bicyclic) bond motifs is 1. The molecular formula is C24H23N3O2S. The molecule has 0 unspecified atom stereocenters. The van der Waals surface area contributed by atoms with Crippen molar-refractivity contribution in [2.75, 3.05) is 18.2 Å². The first-order valence-electron chi connectivity index (χ1n) is 9.71. The Bertz CT molecular complexity index is 1200. The van der Waals surface area contributed by atoms with E-state index in [2.05, 4.69) is 19.2 Å². The summed E-state index contributed by atoms with van der Waals surface area (Å²) in [6, 6.07) is 19.4. The lowest BCUT2D eigenvalue weighted by Crippen LogP contribution is -2.11. The minimum Gasteiger partial charge on any atom is -0.497 e. The van der Waals surface area contributed by atoms with Crippen LogP contribution in [0, 0.1) is 0 Å². The van der Waals surface area contributed by atoms with Gasteiger partial charge in [0.05, 0.1) is 18.5 Å². The van der Waals surface area contributed by atoms with Crippen LogP contribution in [0.3, 0.4) is 0 Å². The number of ether oxygens (including phenoxy) is 1. The summed E-state index contributed by atoms with van der Waals surface area (Å²) in [5.74, 6) is 1.01. The van der Waals surface area contributed by atoms with Crippen molar-refractivity contribution in [1.82, 2.24) is 4.98 Å². The molecule has 2 aromatic carbocycles. The van der Waals surface area contributed by atoms with Crippen molar-refractivity contribution >= 4 is 38.8 Å². The monoisotopic (exact) mass is 417 g/mol. The van der Waals surface area contributed by atoms with Crippen molar-refractivity contribution in [2.45, 2.75) is 19.8 Å². The van der Waals surface area contributed by atoms with E-state index in [9.17, 15) is 4.79 Å². The fourth-order valence-corrected chi connectivity index (χ4v) is 4.22. The third-order valence-electron chi connectivity index (χ3n) is 5.02. The van der Waals surface area contributed by atoms with Crippen LogP contribution in [-0.2, 0) is 0 Å². The highest BCUT2D eigenvalue weighted by molar-refractivity contribution is 7.21. The molecule has 4 rings (SSSR count). The predicted octanol–water partition coefficient (Wildman–Crippen LogP) is 5.93. The van der Waals surface area contributed by atoms with E-state index in [1.54, 1.807) is 7.11 Å². The lowest BCUT2D eigenvalue weighted by Gasteiger charge is -2.08. The molecule has 0 bridgehead atoms. The van der Waals surface area contributed by atoms with Gasteiger partial charge < -0.3 is 15.8 Å². The summed E-state index contributed by atoms with van der Waals surface area (Å²) in [5.41, 5.74) is 10.5. The number of amides is 1. The summed E-state index contributed by atoms with van der Waals surface area (Å²) >= 11 is 1.30. The molecule has 0 aliphatic carbocycles. The number of nitrogens with one attached hydrogen (secondary N) is 1. The van der Waals surface area contributed by atoms with Gasteiger partial charge in [0.25, 0.3) is 5.91 Å². The number of carbonyl (C=O) groups excluding carboxylic acids is 1. The Morgan fingerprint density at radius 1 is 1.03 bits per heavy atom. The molecule has 1 amide bonds. The smallest absolute Gasteiger partial charge is 0.267 e. The first-order chi connectivity index (χ1) is 14.5. The summed E-state index contributed by atoms with van der Waals surface area (Å²) in [6.45, 7) is 4.28. The predicted molar refractivity (Wildman–Crippen MR) is 125 cm³/mol. The molecule has 2 heterocycles. The number of carbonyl (C=O) groups is 1. The Labute approximate surface area is 179 Å². The number of anilines is 2. The van der Waals surface area contributed by atoms with Crippen LogP contribution in [0.5, 0.6) is 5.75 Å². The lowest BCUT2D eigenvalue weighted by atomic mass is 10.0. The van der Waals surface area contributed by atoms with Gasteiger partial charge in [-0.1, -0.05) is 26.0 Å². The Balaban J connectivity index is 1.61. The molecule has 0 radical (unpaired) electrons. The number of rotatable bonds is 5. The van der Waals surface area contributed by atoms with E-state index >= 15 is 0 Å². The molecule has 4 aromatic rings. The van der Waals surface area contributed by atoms with Crippen molar-refractivity contribution in [3.05, 3.63) is 71.1 Å². The van der Waals surface area contributed by atoms with Gasteiger partial charge in [-0.05, 0) is 60.0 Å². The molecular weight excluding hydrogens is 394 g/mol. The van der Waals surface area contributed by atoms with Crippen molar-refractivity contribution in [1.29, 1.82) is 0 Å². The standard InChI is InChI=1S/C24H23N3O2S/c1-14(2)15-4-8-17(9-5-15)26-23(28)22-21(25)19-12-13-20(27-24(19)30-22)16-6-10-18(29-3)11-7-16/h4-14H,25H2,1-3H3,(H,26,28).